The van der Waals surface area contributed by atoms with Gasteiger partial charge in [0.2, 0.25) is 5.91 Å². The van der Waals surface area contributed by atoms with Crippen LogP contribution < -0.4 is 10.5 Å². The summed E-state index contributed by atoms with van der Waals surface area (Å²) in [5.74, 6) is 0.441. The molecule has 0 radical (unpaired) electrons. The van der Waals surface area contributed by atoms with Crippen molar-refractivity contribution < 1.29 is 14.6 Å². The first-order chi connectivity index (χ1) is 10.0. The molecule has 0 spiro atoms. The van der Waals surface area contributed by atoms with Crippen LogP contribution in [0.3, 0.4) is 0 Å². The van der Waals surface area contributed by atoms with E-state index in [2.05, 4.69) is 4.90 Å². The van der Waals surface area contributed by atoms with E-state index in [4.69, 9.17) is 22.1 Å². The van der Waals surface area contributed by atoms with Gasteiger partial charge in [-0.2, -0.15) is 0 Å². The van der Waals surface area contributed by atoms with Gasteiger partial charge in [-0.1, -0.05) is 11.6 Å². The number of nitrogens with two attached hydrogens (primary N) is 1. The Morgan fingerprint density at radius 1 is 1.38 bits per heavy atom. The first-order valence-electron chi connectivity index (χ1n) is 7.12. The molecule has 2 rings (SSSR count). The predicted octanol–water partition coefficient (Wildman–Crippen LogP) is 1.28. The summed E-state index contributed by atoms with van der Waals surface area (Å²) < 4.78 is 5.51. The molecule has 0 aromatic heterocycles. The number of piperidine rings is 1. The number of rotatable bonds is 6. The molecular formula is C15H21ClN2O3. The maximum atomic E-state index is 11.1. The number of aliphatic hydroxyl groups is 1. The van der Waals surface area contributed by atoms with Gasteiger partial charge in [-0.05, 0) is 50.2 Å². The smallest absolute Gasteiger partial charge is 0.220 e. The second-order valence-corrected chi connectivity index (χ2v) is 5.83. The van der Waals surface area contributed by atoms with Crippen molar-refractivity contribution in [3.63, 3.8) is 0 Å². The van der Waals surface area contributed by atoms with E-state index in [9.17, 15) is 9.90 Å². The number of hydrogen-bond acceptors (Lipinski definition) is 4. The molecule has 0 aliphatic carbocycles. The summed E-state index contributed by atoms with van der Waals surface area (Å²) in [4.78, 5) is 13.2. The van der Waals surface area contributed by atoms with Crippen molar-refractivity contribution in [2.24, 2.45) is 11.7 Å². The van der Waals surface area contributed by atoms with Gasteiger partial charge in [-0.25, -0.2) is 0 Å². The van der Waals surface area contributed by atoms with E-state index >= 15 is 0 Å². The lowest BCUT2D eigenvalue weighted by Gasteiger charge is -2.31. The minimum absolute atomic E-state index is 0.0243. The average Bonchev–Trinajstić information content (AvgIpc) is 2.47. The van der Waals surface area contributed by atoms with Crippen LogP contribution >= 0.6 is 11.6 Å². The van der Waals surface area contributed by atoms with Crippen molar-refractivity contribution in [2.75, 3.05) is 26.2 Å². The van der Waals surface area contributed by atoms with Crippen LogP contribution in [0.15, 0.2) is 24.3 Å². The quantitative estimate of drug-likeness (QED) is 0.829. The molecule has 1 aromatic rings. The van der Waals surface area contributed by atoms with E-state index in [1.165, 1.54) is 0 Å². The maximum Gasteiger partial charge on any atom is 0.220 e. The SMILES string of the molecule is NC(=O)C1CCN(C[C@@H](O)COc2ccc(Cl)cc2)CC1. The fourth-order valence-electron chi connectivity index (χ4n) is 2.47. The molecule has 1 saturated heterocycles. The molecule has 3 N–H and O–H groups in total. The fourth-order valence-corrected chi connectivity index (χ4v) is 2.60. The van der Waals surface area contributed by atoms with E-state index < -0.39 is 6.10 Å². The largest absolute Gasteiger partial charge is 0.491 e. The number of β-amino-alcohol motifs (C(OH)–C–C–N with tert-alkyl or cyclic N) is 1. The molecule has 1 aliphatic rings. The van der Waals surface area contributed by atoms with Crippen molar-refractivity contribution in [1.29, 1.82) is 0 Å². The number of nitrogens with zero attached hydrogens (tertiary/aromatic N) is 1. The molecule has 1 aromatic carbocycles. The van der Waals surface area contributed by atoms with Crippen molar-refractivity contribution in [3.8, 4) is 5.75 Å². The third kappa shape index (κ3) is 5.19. The van der Waals surface area contributed by atoms with Crippen LogP contribution in [0.1, 0.15) is 12.8 Å². The number of carbonyl (C=O) groups is 1. The lowest BCUT2D eigenvalue weighted by Crippen LogP contribution is -2.43. The van der Waals surface area contributed by atoms with Crippen molar-refractivity contribution in [1.82, 2.24) is 4.90 Å². The highest BCUT2D eigenvalue weighted by molar-refractivity contribution is 6.30. The molecule has 21 heavy (non-hydrogen) atoms. The molecule has 1 fully saturated rings. The summed E-state index contributed by atoms with van der Waals surface area (Å²) in [6.45, 7) is 2.34. The maximum absolute atomic E-state index is 11.1. The number of amides is 1. The molecule has 5 nitrogen and oxygen atoms in total. The second kappa shape index (κ2) is 7.64. The van der Waals surface area contributed by atoms with Gasteiger partial charge in [-0.3, -0.25) is 4.79 Å². The highest BCUT2D eigenvalue weighted by atomic mass is 35.5. The summed E-state index contributed by atoms with van der Waals surface area (Å²) in [5.41, 5.74) is 5.30. The Kier molecular flexibility index (Phi) is 5.85. The lowest BCUT2D eigenvalue weighted by atomic mass is 9.96. The van der Waals surface area contributed by atoms with E-state index in [1.54, 1.807) is 24.3 Å². The molecule has 6 heteroatoms. The highest BCUT2D eigenvalue weighted by Crippen LogP contribution is 2.18. The van der Waals surface area contributed by atoms with Crippen LogP contribution in [0.25, 0.3) is 0 Å². The topological polar surface area (TPSA) is 75.8 Å². The summed E-state index contributed by atoms with van der Waals surface area (Å²) in [6, 6.07) is 7.04. The van der Waals surface area contributed by atoms with E-state index in [0.29, 0.717) is 17.3 Å². The zero-order valence-corrected chi connectivity index (χ0v) is 12.6. The Balaban J connectivity index is 1.69. The van der Waals surface area contributed by atoms with Gasteiger partial charge in [0.15, 0.2) is 0 Å². The van der Waals surface area contributed by atoms with Gasteiger partial charge >= 0.3 is 0 Å². The number of primary amides is 1. The number of likely N-dealkylation sites (tertiary alicyclic amines) is 1. The van der Waals surface area contributed by atoms with Crippen LogP contribution in [0.2, 0.25) is 5.02 Å². The Hall–Kier alpha value is -1.30. The number of benzene rings is 1. The average molecular weight is 313 g/mol. The van der Waals surface area contributed by atoms with Gasteiger partial charge < -0.3 is 20.5 Å². The molecule has 116 valence electrons. The van der Waals surface area contributed by atoms with Crippen LogP contribution in [-0.4, -0.2) is 48.3 Å². The number of halogens is 1. The Labute approximate surface area is 129 Å². The van der Waals surface area contributed by atoms with Crippen LogP contribution in [0.5, 0.6) is 5.75 Å². The van der Waals surface area contributed by atoms with Gasteiger partial charge in [-0.15, -0.1) is 0 Å². The van der Waals surface area contributed by atoms with E-state index in [1.807, 2.05) is 0 Å². The number of carbonyl (C=O) groups excluding carboxylic acids is 1. The van der Waals surface area contributed by atoms with Crippen molar-refractivity contribution in [3.05, 3.63) is 29.3 Å². The zero-order chi connectivity index (χ0) is 15.2. The van der Waals surface area contributed by atoms with Gasteiger partial charge in [0.25, 0.3) is 0 Å². The summed E-state index contributed by atoms with van der Waals surface area (Å²) in [6.07, 6.45) is 0.964. The molecule has 1 heterocycles. The van der Waals surface area contributed by atoms with Gasteiger partial charge in [0.1, 0.15) is 18.5 Å². The molecule has 1 aliphatic heterocycles. The normalized spacial score (nSPS) is 18.4. The number of aliphatic hydroxyl groups excluding tert-OH is 1. The predicted molar refractivity (Wildman–Crippen MR) is 81.3 cm³/mol. The second-order valence-electron chi connectivity index (χ2n) is 5.40. The fraction of sp³-hybridized carbons (Fsp3) is 0.533. The Morgan fingerprint density at radius 3 is 2.57 bits per heavy atom. The molecule has 0 bridgehead atoms. The molecule has 1 amide bonds. The van der Waals surface area contributed by atoms with Crippen molar-refractivity contribution in [2.45, 2.75) is 18.9 Å². The van der Waals surface area contributed by atoms with Gasteiger partial charge in [0.05, 0.1) is 0 Å². The summed E-state index contributed by atoms with van der Waals surface area (Å²) >= 11 is 5.79. The molecular weight excluding hydrogens is 292 g/mol. The van der Waals surface area contributed by atoms with Crippen LogP contribution in [0.4, 0.5) is 0 Å². The standard InChI is InChI=1S/C15H21ClN2O3/c16-12-1-3-14(4-2-12)21-10-13(19)9-18-7-5-11(6-8-18)15(17)20/h1-4,11,13,19H,5-10H2,(H2,17,20)/t13-/m1/s1. The van der Waals surface area contributed by atoms with Crippen LogP contribution in [0, 0.1) is 5.92 Å². The van der Waals surface area contributed by atoms with E-state index in [-0.39, 0.29) is 18.4 Å². The molecule has 0 unspecified atom stereocenters. The minimum atomic E-state index is -0.564. The minimum Gasteiger partial charge on any atom is -0.491 e. The monoisotopic (exact) mass is 312 g/mol. The first-order valence-corrected chi connectivity index (χ1v) is 7.50. The molecule has 0 saturated carbocycles. The molecule has 1 atom stereocenters. The Morgan fingerprint density at radius 2 is 2.00 bits per heavy atom. The number of ether oxygens (including phenoxy) is 1. The highest BCUT2D eigenvalue weighted by Gasteiger charge is 2.24. The lowest BCUT2D eigenvalue weighted by molar-refractivity contribution is -0.123. The third-order valence-electron chi connectivity index (χ3n) is 3.71. The third-order valence-corrected chi connectivity index (χ3v) is 3.97. The van der Waals surface area contributed by atoms with Crippen LogP contribution in [-0.2, 0) is 4.79 Å². The van der Waals surface area contributed by atoms with Gasteiger partial charge in [0, 0.05) is 17.5 Å². The van der Waals surface area contributed by atoms with Crippen molar-refractivity contribution >= 4 is 17.5 Å². The summed E-state index contributed by atoms with van der Waals surface area (Å²) in [7, 11) is 0. The summed E-state index contributed by atoms with van der Waals surface area (Å²) in [5, 5.41) is 10.7. The van der Waals surface area contributed by atoms with E-state index in [0.717, 1.165) is 25.9 Å². The zero-order valence-electron chi connectivity index (χ0n) is 11.9. The Bertz CT molecular complexity index is 458. The first kappa shape index (κ1) is 16.1. The number of hydrogen-bond donors (Lipinski definition) is 2.